The first-order valence-corrected chi connectivity index (χ1v) is 7.36. The second-order valence-electron chi connectivity index (χ2n) is 6.44. The monoisotopic (exact) mass is 280 g/mol. The van der Waals surface area contributed by atoms with Gasteiger partial charge in [0.1, 0.15) is 0 Å². The summed E-state index contributed by atoms with van der Waals surface area (Å²) >= 11 is 0. The molecule has 0 aliphatic rings. The van der Waals surface area contributed by atoms with Crippen LogP contribution in [0.4, 0.5) is 0 Å². The highest BCUT2D eigenvalue weighted by Gasteiger charge is 2.28. The zero-order valence-corrected chi connectivity index (χ0v) is 13.1. The van der Waals surface area contributed by atoms with Gasteiger partial charge in [0.2, 0.25) is 5.91 Å². The fourth-order valence-electron chi connectivity index (χ4n) is 1.98. The largest absolute Gasteiger partial charge is 0.350 e. The van der Waals surface area contributed by atoms with Crippen molar-refractivity contribution < 1.29 is 4.79 Å². The lowest BCUT2D eigenvalue weighted by atomic mass is 9.86. The van der Waals surface area contributed by atoms with Gasteiger partial charge in [-0.1, -0.05) is 40.5 Å². The summed E-state index contributed by atoms with van der Waals surface area (Å²) < 4.78 is 1.98. The van der Waals surface area contributed by atoms with E-state index in [0.717, 1.165) is 19.3 Å². The molecule has 1 aromatic heterocycles. The van der Waals surface area contributed by atoms with E-state index in [4.69, 9.17) is 5.73 Å². The number of unbranched alkanes of at least 4 members (excludes halogenated alkanes) is 1. The third-order valence-corrected chi connectivity index (χ3v) is 3.52. The highest BCUT2D eigenvalue weighted by molar-refractivity contribution is 5.81. The second kappa shape index (κ2) is 7.43. The van der Waals surface area contributed by atoms with E-state index in [2.05, 4.69) is 38.0 Å². The SMILES string of the molecule is CCCCC(N)C(=O)NC(Cn1ccnc1)C(C)(C)C. The van der Waals surface area contributed by atoms with Crippen LogP contribution < -0.4 is 11.1 Å². The number of nitrogens with two attached hydrogens (primary N) is 1. The van der Waals surface area contributed by atoms with Gasteiger partial charge >= 0.3 is 0 Å². The quantitative estimate of drug-likeness (QED) is 0.801. The van der Waals surface area contributed by atoms with Crippen molar-refractivity contribution in [3.63, 3.8) is 0 Å². The van der Waals surface area contributed by atoms with Crippen molar-refractivity contribution in [1.82, 2.24) is 14.9 Å². The van der Waals surface area contributed by atoms with Gasteiger partial charge < -0.3 is 15.6 Å². The molecule has 0 aliphatic carbocycles. The van der Waals surface area contributed by atoms with Gasteiger partial charge in [0.25, 0.3) is 0 Å². The molecule has 3 N–H and O–H groups in total. The maximum atomic E-state index is 12.2. The molecule has 0 fully saturated rings. The van der Waals surface area contributed by atoms with Gasteiger partial charge in [-0.05, 0) is 11.8 Å². The zero-order chi connectivity index (χ0) is 15.2. The summed E-state index contributed by atoms with van der Waals surface area (Å²) in [5.74, 6) is -0.0570. The van der Waals surface area contributed by atoms with Crippen LogP contribution in [0, 0.1) is 5.41 Å². The molecule has 0 spiro atoms. The average molecular weight is 280 g/mol. The summed E-state index contributed by atoms with van der Waals surface area (Å²) in [5, 5.41) is 3.09. The van der Waals surface area contributed by atoms with E-state index in [1.54, 1.807) is 12.5 Å². The van der Waals surface area contributed by atoms with Crippen LogP contribution in [0.5, 0.6) is 0 Å². The number of aromatic nitrogens is 2. The second-order valence-corrected chi connectivity index (χ2v) is 6.44. The van der Waals surface area contributed by atoms with Gasteiger partial charge in [-0.15, -0.1) is 0 Å². The van der Waals surface area contributed by atoms with E-state index in [1.165, 1.54) is 0 Å². The van der Waals surface area contributed by atoms with E-state index in [9.17, 15) is 4.79 Å². The number of nitrogens with zero attached hydrogens (tertiary/aromatic N) is 2. The van der Waals surface area contributed by atoms with Crippen LogP contribution in [0.2, 0.25) is 0 Å². The fourth-order valence-corrected chi connectivity index (χ4v) is 1.98. The van der Waals surface area contributed by atoms with Gasteiger partial charge in [0, 0.05) is 18.9 Å². The number of carbonyl (C=O) groups is 1. The predicted molar refractivity (Wildman–Crippen MR) is 81.1 cm³/mol. The van der Waals surface area contributed by atoms with E-state index >= 15 is 0 Å². The van der Waals surface area contributed by atoms with Crippen molar-refractivity contribution in [1.29, 1.82) is 0 Å². The minimum absolute atomic E-state index is 0.0249. The van der Waals surface area contributed by atoms with Gasteiger partial charge in [0.15, 0.2) is 0 Å². The van der Waals surface area contributed by atoms with Gasteiger partial charge in [0.05, 0.1) is 18.4 Å². The molecule has 5 heteroatoms. The third kappa shape index (κ3) is 5.33. The lowest BCUT2D eigenvalue weighted by Gasteiger charge is -2.32. The van der Waals surface area contributed by atoms with Crippen LogP contribution >= 0.6 is 0 Å². The Morgan fingerprint density at radius 2 is 2.15 bits per heavy atom. The van der Waals surface area contributed by atoms with Crippen molar-refractivity contribution in [2.75, 3.05) is 0 Å². The first-order valence-electron chi connectivity index (χ1n) is 7.36. The van der Waals surface area contributed by atoms with Gasteiger partial charge in [-0.2, -0.15) is 0 Å². The fraction of sp³-hybridized carbons (Fsp3) is 0.733. The maximum absolute atomic E-state index is 12.2. The van der Waals surface area contributed by atoms with Crippen LogP contribution in [0.3, 0.4) is 0 Å². The summed E-state index contributed by atoms with van der Waals surface area (Å²) in [6, 6.07) is -0.389. The normalized spacial score (nSPS) is 14.8. The summed E-state index contributed by atoms with van der Waals surface area (Å²) in [6.07, 6.45) is 8.19. The Morgan fingerprint density at radius 3 is 2.65 bits per heavy atom. The lowest BCUT2D eigenvalue weighted by Crippen LogP contribution is -2.51. The molecular weight excluding hydrogens is 252 g/mol. The Morgan fingerprint density at radius 1 is 1.45 bits per heavy atom. The molecule has 0 bridgehead atoms. The lowest BCUT2D eigenvalue weighted by molar-refractivity contribution is -0.124. The Kier molecular flexibility index (Phi) is 6.20. The number of carbonyl (C=O) groups excluding carboxylic acids is 1. The number of imidazole rings is 1. The van der Waals surface area contributed by atoms with E-state index in [1.807, 2.05) is 10.8 Å². The molecule has 0 aliphatic heterocycles. The molecule has 2 unspecified atom stereocenters. The molecule has 0 saturated heterocycles. The first-order chi connectivity index (χ1) is 9.34. The van der Waals surface area contributed by atoms with E-state index in [0.29, 0.717) is 6.54 Å². The minimum atomic E-state index is -0.414. The smallest absolute Gasteiger partial charge is 0.237 e. The summed E-state index contributed by atoms with van der Waals surface area (Å²) in [5.41, 5.74) is 5.90. The topological polar surface area (TPSA) is 72.9 Å². The van der Waals surface area contributed by atoms with Crippen molar-refractivity contribution in [2.45, 2.75) is 65.6 Å². The number of hydrogen-bond acceptors (Lipinski definition) is 3. The van der Waals surface area contributed by atoms with E-state index in [-0.39, 0.29) is 17.4 Å². The maximum Gasteiger partial charge on any atom is 0.237 e. The van der Waals surface area contributed by atoms with Crippen LogP contribution in [-0.2, 0) is 11.3 Å². The van der Waals surface area contributed by atoms with Gasteiger partial charge in [-0.25, -0.2) is 4.98 Å². The molecule has 1 heterocycles. The van der Waals surface area contributed by atoms with Crippen molar-refractivity contribution >= 4 is 5.91 Å². The minimum Gasteiger partial charge on any atom is -0.350 e. The predicted octanol–water partition coefficient (Wildman–Crippen LogP) is 1.93. The molecule has 1 aromatic rings. The molecule has 0 saturated carbocycles. The number of rotatable bonds is 7. The third-order valence-electron chi connectivity index (χ3n) is 3.52. The van der Waals surface area contributed by atoms with Crippen molar-refractivity contribution in [3.8, 4) is 0 Å². The highest BCUT2D eigenvalue weighted by atomic mass is 16.2. The standard InChI is InChI=1S/C15H28N4O/c1-5-6-7-12(16)14(20)18-13(15(2,3)4)10-19-9-8-17-11-19/h8-9,11-13H,5-7,10,16H2,1-4H3,(H,18,20). The molecule has 2 atom stereocenters. The molecule has 1 rings (SSSR count). The molecule has 114 valence electrons. The van der Waals surface area contributed by atoms with Crippen molar-refractivity contribution in [3.05, 3.63) is 18.7 Å². The zero-order valence-electron chi connectivity index (χ0n) is 13.1. The highest BCUT2D eigenvalue weighted by Crippen LogP contribution is 2.21. The van der Waals surface area contributed by atoms with E-state index < -0.39 is 6.04 Å². The van der Waals surface area contributed by atoms with Crippen LogP contribution in [0.1, 0.15) is 47.0 Å². The molecule has 1 amide bonds. The Bertz CT molecular complexity index is 395. The van der Waals surface area contributed by atoms with Crippen LogP contribution in [-0.4, -0.2) is 27.5 Å². The molecule has 5 nitrogen and oxygen atoms in total. The van der Waals surface area contributed by atoms with Crippen LogP contribution in [0.15, 0.2) is 18.7 Å². The summed E-state index contributed by atoms with van der Waals surface area (Å²) in [6.45, 7) is 9.16. The molecule has 0 radical (unpaired) electrons. The summed E-state index contributed by atoms with van der Waals surface area (Å²) in [7, 11) is 0. The first kappa shape index (κ1) is 16.7. The number of hydrogen-bond donors (Lipinski definition) is 2. The number of amides is 1. The average Bonchev–Trinajstić information content (AvgIpc) is 2.86. The Hall–Kier alpha value is -1.36. The number of nitrogens with one attached hydrogen (secondary N) is 1. The Balaban J connectivity index is 2.63. The van der Waals surface area contributed by atoms with Crippen LogP contribution in [0.25, 0.3) is 0 Å². The molecule has 0 aromatic carbocycles. The van der Waals surface area contributed by atoms with Gasteiger partial charge in [-0.3, -0.25) is 4.79 Å². The Labute approximate surface area is 122 Å². The summed E-state index contributed by atoms with van der Waals surface area (Å²) in [4.78, 5) is 16.2. The van der Waals surface area contributed by atoms with Crippen molar-refractivity contribution in [2.24, 2.45) is 11.1 Å². The molecular formula is C15H28N4O. The molecule has 20 heavy (non-hydrogen) atoms.